The predicted octanol–water partition coefficient (Wildman–Crippen LogP) is 4.18. The molecule has 0 aliphatic heterocycles. The molecule has 0 spiro atoms. The van der Waals surface area contributed by atoms with Crippen LogP contribution < -0.4 is 5.73 Å². The van der Waals surface area contributed by atoms with Gasteiger partial charge in [-0.15, -0.1) is 0 Å². The summed E-state index contributed by atoms with van der Waals surface area (Å²) < 4.78 is 0. The Morgan fingerprint density at radius 2 is 1.47 bits per heavy atom. The largest absolute Gasteiger partial charge is 0.324 e. The van der Waals surface area contributed by atoms with Crippen LogP contribution in [-0.2, 0) is 6.42 Å². The van der Waals surface area contributed by atoms with Crippen molar-refractivity contribution in [2.24, 2.45) is 23.5 Å². The van der Waals surface area contributed by atoms with Crippen LogP contribution in [0.3, 0.4) is 0 Å². The van der Waals surface area contributed by atoms with E-state index in [0.29, 0.717) is 17.8 Å². The maximum absolute atomic E-state index is 6.29. The van der Waals surface area contributed by atoms with Gasteiger partial charge in [0.1, 0.15) is 0 Å². The molecule has 0 aromatic heterocycles. The molecule has 0 radical (unpaired) electrons. The Morgan fingerprint density at radius 3 is 1.88 bits per heavy atom. The zero-order chi connectivity index (χ0) is 13.0. The molecule has 0 saturated heterocycles. The summed E-state index contributed by atoms with van der Waals surface area (Å²) in [6, 6.07) is 9.00. The number of hydrogen-bond donors (Lipinski definition) is 1. The first-order valence-electron chi connectivity index (χ1n) is 6.76. The van der Waals surface area contributed by atoms with Crippen LogP contribution in [0.15, 0.2) is 24.3 Å². The lowest BCUT2D eigenvalue weighted by molar-refractivity contribution is 0.352. The van der Waals surface area contributed by atoms with E-state index < -0.39 is 0 Å². The van der Waals surface area contributed by atoms with Crippen LogP contribution in [0.4, 0.5) is 0 Å². The molecule has 17 heavy (non-hydrogen) atoms. The molecule has 0 aliphatic carbocycles. The van der Waals surface area contributed by atoms with E-state index in [1.54, 1.807) is 0 Å². The first-order chi connectivity index (χ1) is 7.91. The van der Waals surface area contributed by atoms with Crippen molar-refractivity contribution in [3.8, 4) is 0 Å². The summed E-state index contributed by atoms with van der Waals surface area (Å²) >= 11 is 0. The summed E-state index contributed by atoms with van der Waals surface area (Å²) in [6.45, 7) is 11.2. The van der Waals surface area contributed by atoms with E-state index in [0.717, 1.165) is 6.42 Å². The molecule has 0 aliphatic rings. The van der Waals surface area contributed by atoms with E-state index in [4.69, 9.17) is 5.73 Å². The van der Waals surface area contributed by atoms with Gasteiger partial charge in [-0.2, -0.15) is 0 Å². The second-order valence-corrected chi connectivity index (χ2v) is 5.97. The van der Waals surface area contributed by atoms with Crippen molar-refractivity contribution in [3.63, 3.8) is 0 Å². The Kier molecular flexibility index (Phi) is 5.20. The summed E-state index contributed by atoms with van der Waals surface area (Å²) in [5.74, 6) is 1.86. The molecule has 0 amide bonds. The van der Waals surface area contributed by atoms with Crippen LogP contribution in [0.5, 0.6) is 0 Å². The minimum absolute atomic E-state index is 0.156. The topological polar surface area (TPSA) is 26.0 Å². The van der Waals surface area contributed by atoms with Crippen molar-refractivity contribution in [3.05, 3.63) is 35.4 Å². The first kappa shape index (κ1) is 14.2. The second-order valence-electron chi connectivity index (χ2n) is 5.97. The van der Waals surface area contributed by atoms with Crippen molar-refractivity contribution < 1.29 is 0 Å². The maximum Gasteiger partial charge on any atom is 0.0323 e. The van der Waals surface area contributed by atoms with Gasteiger partial charge in [0.05, 0.1) is 0 Å². The summed E-state index contributed by atoms with van der Waals surface area (Å²) in [7, 11) is 0. The fraction of sp³-hybridized carbons (Fsp3) is 0.625. The van der Waals surface area contributed by atoms with Crippen LogP contribution >= 0.6 is 0 Å². The highest BCUT2D eigenvalue weighted by atomic mass is 14.6. The normalized spacial score (nSPS) is 15.3. The predicted molar refractivity (Wildman–Crippen MR) is 75.9 cm³/mol. The zero-order valence-corrected chi connectivity index (χ0v) is 11.9. The van der Waals surface area contributed by atoms with E-state index in [1.165, 1.54) is 11.1 Å². The van der Waals surface area contributed by atoms with Crippen molar-refractivity contribution in [2.45, 2.75) is 47.1 Å². The maximum atomic E-state index is 6.29. The van der Waals surface area contributed by atoms with Gasteiger partial charge >= 0.3 is 0 Å². The molecule has 96 valence electrons. The quantitative estimate of drug-likeness (QED) is 0.811. The molecule has 2 N–H and O–H groups in total. The second kappa shape index (κ2) is 6.20. The van der Waals surface area contributed by atoms with Gasteiger partial charge in [-0.05, 0) is 35.3 Å². The van der Waals surface area contributed by atoms with Crippen LogP contribution in [0.1, 0.15) is 51.8 Å². The number of nitrogens with two attached hydrogens (primary N) is 1. The smallest absolute Gasteiger partial charge is 0.0323 e. The van der Waals surface area contributed by atoms with E-state index in [1.807, 2.05) is 0 Å². The summed E-state index contributed by atoms with van der Waals surface area (Å²) in [5.41, 5.74) is 8.96. The van der Waals surface area contributed by atoms with Gasteiger partial charge in [-0.1, -0.05) is 58.9 Å². The molecule has 1 aromatic rings. The summed E-state index contributed by atoms with van der Waals surface area (Å²) in [4.78, 5) is 0. The Labute approximate surface area is 106 Å². The minimum Gasteiger partial charge on any atom is -0.324 e. The van der Waals surface area contributed by atoms with Crippen molar-refractivity contribution in [2.75, 3.05) is 0 Å². The molecule has 0 bridgehead atoms. The van der Waals surface area contributed by atoms with E-state index in [2.05, 4.69) is 58.9 Å². The van der Waals surface area contributed by atoms with E-state index >= 15 is 0 Å². The van der Waals surface area contributed by atoms with Crippen LogP contribution in [-0.4, -0.2) is 0 Å². The fourth-order valence-corrected chi connectivity index (χ4v) is 2.07. The summed E-state index contributed by atoms with van der Waals surface area (Å²) in [6.07, 6.45) is 1.15. The Balaban J connectivity index is 2.73. The Hall–Kier alpha value is -0.820. The molecule has 0 saturated carbocycles. The Morgan fingerprint density at radius 1 is 0.941 bits per heavy atom. The molecule has 0 fully saturated rings. The van der Waals surface area contributed by atoms with Crippen molar-refractivity contribution in [1.29, 1.82) is 0 Å². The van der Waals surface area contributed by atoms with E-state index in [9.17, 15) is 0 Å². The van der Waals surface area contributed by atoms with Gasteiger partial charge in [0.15, 0.2) is 0 Å². The first-order valence-corrected chi connectivity index (χ1v) is 6.76. The van der Waals surface area contributed by atoms with Gasteiger partial charge in [0.2, 0.25) is 0 Å². The van der Waals surface area contributed by atoms with Crippen LogP contribution in [0, 0.1) is 17.8 Å². The lowest BCUT2D eigenvalue weighted by atomic mass is 9.86. The average molecular weight is 233 g/mol. The number of rotatable bonds is 5. The number of benzene rings is 1. The van der Waals surface area contributed by atoms with Gasteiger partial charge in [0.25, 0.3) is 0 Å². The third-order valence-corrected chi connectivity index (χ3v) is 3.63. The molecule has 1 rings (SSSR count). The molecular weight excluding hydrogens is 206 g/mol. The monoisotopic (exact) mass is 233 g/mol. The molecule has 1 heteroatoms. The summed E-state index contributed by atoms with van der Waals surface area (Å²) in [5, 5.41) is 0. The van der Waals surface area contributed by atoms with Gasteiger partial charge in [0, 0.05) is 6.04 Å². The van der Waals surface area contributed by atoms with Crippen LogP contribution in [0.2, 0.25) is 0 Å². The molecular formula is C16H27N. The average Bonchev–Trinajstić information content (AvgIpc) is 2.27. The number of hydrogen-bond acceptors (Lipinski definition) is 1. The lowest BCUT2D eigenvalue weighted by Gasteiger charge is -2.23. The van der Waals surface area contributed by atoms with Crippen molar-refractivity contribution in [1.82, 2.24) is 0 Å². The fourth-order valence-electron chi connectivity index (χ4n) is 2.07. The zero-order valence-electron chi connectivity index (χ0n) is 11.9. The third-order valence-electron chi connectivity index (χ3n) is 3.63. The van der Waals surface area contributed by atoms with Crippen molar-refractivity contribution >= 4 is 0 Å². The van der Waals surface area contributed by atoms with Crippen LogP contribution in [0.25, 0.3) is 0 Å². The lowest BCUT2D eigenvalue weighted by Crippen LogP contribution is -2.23. The van der Waals surface area contributed by atoms with Gasteiger partial charge in [-0.3, -0.25) is 0 Å². The molecule has 1 aromatic carbocycles. The van der Waals surface area contributed by atoms with Gasteiger partial charge in [-0.25, -0.2) is 0 Å². The third kappa shape index (κ3) is 4.16. The standard InChI is InChI=1S/C16H27N/c1-11(2)10-14-6-8-15(9-7-14)16(17)13(5)12(3)4/h6-9,11-13,16H,10,17H2,1-5H3. The molecule has 0 heterocycles. The highest BCUT2D eigenvalue weighted by Crippen LogP contribution is 2.25. The van der Waals surface area contributed by atoms with Gasteiger partial charge < -0.3 is 5.73 Å². The highest BCUT2D eigenvalue weighted by Gasteiger charge is 2.17. The Bertz CT molecular complexity index is 324. The SMILES string of the molecule is CC(C)Cc1ccc(C(N)C(C)C(C)C)cc1. The van der Waals surface area contributed by atoms with E-state index in [-0.39, 0.29) is 6.04 Å². The highest BCUT2D eigenvalue weighted by molar-refractivity contribution is 5.25. The minimum atomic E-state index is 0.156. The molecule has 1 nitrogen and oxygen atoms in total. The molecule has 2 atom stereocenters. The molecule has 2 unspecified atom stereocenters.